The highest BCUT2D eigenvalue weighted by atomic mass is 16.2. The van der Waals surface area contributed by atoms with E-state index < -0.39 is 0 Å². The molecule has 21 heavy (non-hydrogen) atoms. The Morgan fingerprint density at radius 2 is 2.05 bits per heavy atom. The molecule has 0 bridgehead atoms. The van der Waals surface area contributed by atoms with Gasteiger partial charge in [0.15, 0.2) is 0 Å². The van der Waals surface area contributed by atoms with Crippen LogP contribution in [0.5, 0.6) is 0 Å². The van der Waals surface area contributed by atoms with Gasteiger partial charge in [-0.1, -0.05) is 13.0 Å². The molecule has 3 N–H and O–H groups in total. The van der Waals surface area contributed by atoms with Crippen molar-refractivity contribution in [3.63, 3.8) is 0 Å². The second kappa shape index (κ2) is 7.43. The van der Waals surface area contributed by atoms with Crippen LogP contribution in [0.1, 0.15) is 20.3 Å². The fraction of sp³-hybridized carbons (Fsp3) is 0.562. The molecule has 1 unspecified atom stereocenters. The van der Waals surface area contributed by atoms with Crippen LogP contribution in [0, 0.1) is 0 Å². The van der Waals surface area contributed by atoms with Crippen LogP contribution >= 0.6 is 0 Å². The van der Waals surface area contributed by atoms with Crippen molar-refractivity contribution in [3.05, 3.63) is 24.3 Å². The summed E-state index contributed by atoms with van der Waals surface area (Å²) in [6.45, 7) is 9.31. The molecule has 116 valence electrons. The molecule has 0 radical (unpaired) electrons. The van der Waals surface area contributed by atoms with E-state index >= 15 is 0 Å². The number of anilines is 2. The molecule has 2 rings (SSSR count). The fourth-order valence-electron chi connectivity index (χ4n) is 2.72. The molecule has 1 aromatic rings. The monoisotopic (exact) mass is 290 g/mol. The maximum absolute atomic E-state index is 12.3. The molecule has 1 aromatic carbocycles. The molecule has 0 spiro atoms. The maximum Gasteiger partial charge on any atom is 0.241 e. The average Bonchev–Trinajstić information content (AvgIpc) is 2.47. The molecule has 1 amide bonds. The fourth-order valence-corrected chi connectivity index (χ4v) is 2.72. The third-order valence-corrected chi connectivity index (χ3v) is 4.03. The lowest BCUT2D eigenvalue weighted by atomic mass is 10.2. The van der Waals surface area contributed by atoms with Crippen molar-refractivity contribution in [2.45, 2.75) is 26.3 Å². The highest BCUT2D eigenvalue weighted by Gasteiger charge is 2.25. The van der Waals surface area contributed by atoms with E-state index in [1.807, 2.05) is 25.1 Å². The molecule has 1 fully saturated rings. The maximum atomic E-state index is 12.3. The molecule has 5 nitrogen and oxygen atoms in total. The van der Waals surface area contributed by atoms with Crippen molar-refractivity contribution in [1.29, 1.82) is 0 Å². The van der Waals surface area contributed by atoms with Crippen molar-refractivity contribution in [2.24, 2.45) is 0 Å². The predicted octanol–water partition coefficient (Wildman–Crippen LogP) is 1.62. The van der Waals surface area contributed by atoms with Gasteiger partial charge in [-0.25, -0.2) is 0 Å². The van der Waals surface area contributed by atoms with Crippen LogP contribution in [-0.4, -0.2) is 54.5 Å². The number of hydrogen-bond acceptors (Lipinski definition) is 4. The summed E-state index contributed by atoms with van der Waals surface area (Å²) in [4.78, 5) is 17.0. The van der Waals surface area contributed by atoms with Gasteiger partial charge in [0.05, 0.1) is 6.04 Å². The Kier molecular flexibility index (Phi) is 5.59. The molecule has 1 aliphatic heterocycles. The largest absolute Gasteiger partial charge is 0.399 e. The van der Waals surface area contributed by atoms with Crippen molar-refractivity contribution in [2.75, 3.05) is 43.8 Å². The van der Waals surface area contributed by atoms with E-state index in [1.54, 1.807) is 6.07 Å². The van der Waals surface area contributed by atoms with Crippen molar-refractivity contribution in [1.82, 2.24) is 9.80 Å². The van der Waals surface area contributed by atoms with Gasteiger partial charge in [0.2, 0.25) is 5.91 Å². The van der Waals surface area contributed by atoms with Crippen molar-refractivity contribution < 1.29 is 4.79 Å². The zero-order valence-corrected chi connectivity index (χ0v) is 13.0. The molecular weight excluding hydrogens is 264 g/mol. The van der Waals surface area contributed by atoms with E-state index in [0.29, 0.717) is 5.69 Å². The third kappa shape index (κ3) is 4.44. The van der Waals surface area contributed by atoms with Crippen molar-refractivity contribution in [3.8, 4) is 0 Å². The SMILES string of the molecule is CCCN1CCN(C(C)C(=O)Nc2cccc(N)c2)CC1. The number of nitrogens with two attached hydrogens (primary N) is 1. The zero-order valence-electron chi connectivity index (χ0n) is 13.0. The van der Waals surface area contributed by atoms with E-state index in [0.717, 1.165) is 38.4 Å². The van der Waals surface area contributed by atoms with Crippen LogP contribution in [0.15, 0.2) is 24.3 Å². The number of nitrogen functional groups attached to an aromatic ring is 1. The molecule has 1 aliphatic rings. The summed E-state index contributed by atoms with van der Waals surface area (Å²) in [5, 5.41) is 2.94. The predicted molar refractivity (Wildman–Crippen MR) is 87.3 cm³/mol. The Balaban J connectivity index is 1.85. The molecule has 1 saturated heterocycles. The van der Waals surface area contributed by atoms with E-state index in [-0.39, 0.29) is 11.9 Å². The first-order valence-corrected chi connectivity index (χ1v) is 7.73. The minimum atomic E-state index is -0.116. The lowest BCUT2D eigenvalue weighted by Crippen LogP contribution is -2.52. The first-order valence-electron chi connectivity index (χ1n) is 7.73. The molecule has 0 saturated carbocycles. The molecule has 5 heteroatoms. The van der Waals surface area contributed by atoms with E-state index in [2.05, 4.69) is 22.0 Å². The topological polar surface area (TPSA) is 61.6 Å². The summed E-state index contributed by atoms with van der Waals surface area (Å²) in [7, 11) is 0. The number of piperazine rings is 1. The van der Waals surface area contributed by atoms with Crippen LogP contribution in [0.3, 0.4) is 0 Å². The number of carbonyl (C=O) groups is 1. The summed E-state index contributed by atoms with van der Waals surface area (Å²) in [6.07, 6.45) is 1.19. The third-order valence-electron chi connectivity index (χ3n) is 4.03. The smallest absolute Gasteiger partial charge is 0.241 e. The van der Waals surface area contributed by atoms with E-state index in [4.69, 9.17) is 5.73 Å². The molecule has 0 aromatic heterocycles. The summed E-state index contributed by atoms with van der Waals surface area (Å²) in [5.74, 6) is 0.0320. The standard InChI is InChI=1S/C16H26N4O/c1-3-7-19-8-10-20(11-9-19)13(2)16(21)18-15-6-4-5-14(17)12-15/h4-6,12-13H,3,7-11,17H2,1-2H3,(H,18,21). The Morgan fingerprint density at radius 3 is 2.67 bits per heavy atom. The van der Waals surface area contributed by atoms with E-state index in [1.165, 1.54) is 6.42 Å². The number of carbonyl (C=O) groups excluding carboxylic acids is 1. The van der Waals surface area contributed by atoms with Crippen LogP contribution in [0.4, 0.5) is 11.4 Å². The number of amides is 1. The van der Waals surface area contributed by atoms with Gasteiger partial charge in [-0.05, 0) is 38.1 Å². The molecule has 1 atom stereocenters. The zero-order chi connectivity index (χ0) is 15.2. The average molecular weight is 290 g/mol. The summed E-state index contributed by atoms with van der Waals surface area (Å²) in [5.41, 5.74) is 7.15. The highest BCUT2D eigenvalue weighted by molar-refractivity contribution is 5.94. The summed E-state index contributed by atoms with van der Waals surface area (Å²) in [6, 6.07) is 7.19. The van der Waals surface area contributed by atoms with Gasteiger partial charge in [-0.2, -0.15) is 0 Å². The van der Waals surface area contributed by atoms with Crippen LogP contribution in [0.2, 0.25) is 0 Å². The first kappa shape index (κ1) is 15.8. The number of hydrogen-bond donors (Lipinski definition) is 2. The normalized spacial score (nSPS) is 18.4. The number of rotatable bonds is 5. The quantitative estimate of drug-likeness (QED) is 0.809. The second-order valence-corrected chi connectivity index (χ2v) is 5.67. The van der Waals surface area contributed by atoms with Gasteiger partial charge in [-0.3, -0.25) is 9.69 Å². The van der Waals surface area contributed by atoms with Crippen LogP contribution in [0.25, 0.3) is 0 Å². The minimum Gasteiger partial charge on any atom is -0.399 e. The number of benzene rings is 1. The first-order chi connectivity index (χ1) is 10.1. The Labute approximate surface area is 127 Å². The molecule has 0 aliphatic carbocycles. The Bertz CT molecular complexity index is 469. The van der Waals surface area contributed by atoms with Crippen LogP contribution in [-0.2, 0) is 4.79 Å². The summed E-state index contributed by atoms with van der Waals surface area (Å²) >= 11 is 0. The minimum absolute atomic E-state index is 0.0320. The second-order valence-electron chi connectivity index (χ2n) is 5.67. The van der Waals surface area contributed by atoms with Gasteiger partial charge in [0.1, 0.15) is 0 Å². The highest BCUT2D eigenvalue weighted by Crippen LogP contribution is 2.14. The van der Waals surface area contributed by atoms with Gasteiger partial charge in [0, 0.05) is 37.6 Å². The lowest BCUT2D eigenvalue weighted by molar-refractivity contribution is -0.121. The number of nitrogens with one attached hydrogen (secondary N) is 1. The molecule has 1 heterocycles. The summed E-state index contributed by atoms with van der Waals surface area (Å²) < 4.78 is 0. The van der Waals surface area contributed by atoms with Gasteiger partial charge < -0.3 is 16.0 Å². The van der Waals surface area contributed by atoms with Crippen molar-refractivity contribution >= 4 is 17.3 Å². The number of nitrogens with zero attached hydrogens (tertiary/aromatic N) is 2. The van der Waals surface area contributed by atoms with Gasteiger partial charge >= 0.3 is 0 Å². The molecular formula is C16H26N4O. The van der Waals surface area contributed by atoms with Gasteiger partial charge in [0.25, 0.3) is 0 Å². The Morgan fingerprint density at radius 1 is 1.33 bits per heavy atom. The Hall–Kier alpha value is -1.59. The van der Waals surface area contributed by atoms with Gasteiger partial charge in [-0.15, -0.1) is 0 Å². The van der Waals surface area contributed by atoms with E-state index in [9.17, 15) is 4.79 Å². The lowest BCUT2D eigenvalue weighted by Gasteiger charge is -2.37. The van der Waals surface area contributed by atoms with Crippen LogP contribution < -0.4 is 11.1 Å².